The van der Waals surface area contributed by atoms with Crippen molar-refractivity contribution in [3.63, 3.8) is 0 Å². The Balaban J connectivity index is 2.02. The molecule has 2 atom stereocenters. The van der Waals surface area contributed by atoms with Crippen LogP contribution in [0.3, 0.4) is 0 Å². The summed E-state index contributed by atoms with van der Waals surface area (Å²) in [5.41, 5.74) is 0. The molecule has 2 unspecified atom stereocenters. The second-order valence-electron chi connectivity index (χ2n) is 5.15. The maximum absolute atomic E-state index is 12.1. The third-order valence-corrected chi connectivity index (χ3v) is 5.60. The smallest absolute Gasteiger partial charge is 0.310 e. The molecule has 2 aliphatic rings. The number of methoxy groups -OCH3 is 1. The van der Waals surface area contributed by atoms with Crippen molar-refractivity contribution in [2.24, 2.45) is 17.8 Å². The van der Waals surface area contributed by atoms with Gasteiger partial charge in [-0.05, 0) is 24.7 Å². The summed E-state index contributed by atoms with van der Waals surface area (Å²) in [6, 6.07) is 0. The number of hydrogen-bond donors (Lipinski definition) is 0. The van der Waals surface area contributed by atoms with E-state index in [1.165, 1.54) is 11.4 Å². The molecule has 0 aromatic heterocycles. The van der Waals surface area contributed by atoms with E-state index in [1.807, 2.05) is 6.92 Å². The molecule has 17 heavy (non-hydrogen) atoms. The van der Waals surface area contributed by atoms with E-state index in [-0.39, 0.29) is 30.1 Å². The molecule has 1 aliphatic carbocycles. The first-order valence-corrected chi connectivity index (χ1v) is 7.60. The first kappa shape index (κ1) is 12.8. The SMILES string of the molecule is COC(=O)C1CN(S(=O)(=O)CC2CC2)CC1C. The number of carbonyl (C=O) groups excluding carboxylic acids is 1. The van der Waals surface area contributed by atoms with Crippen LogP contribution in [-0.4, -0.2) is 44.6 Å². The van der Waals surface area contributed by atoms with Crippen molar-refractivity contribution >= 4 is 16.0 Å². The molecule has 1 saturated carbocycles. The van der Waals surface area contributed by atoms with Crippen LogP contribution in [0.2, 0.25) is 0 Å². The van der Waals surface area contributed by atoms with Gasteiger partial charge < -0.3 is 4.74 Å². The maximum Gasteiger partial charge on any atom is 0.310 e. The Morgan fingerprint density at radius 1 is 1.35 bits per heavy atom. The number of sulfonamides is 1. The van der Waals surface area contributed by atoms with Gasteiger partial charge in [-0.2, -0.15) is 0 Å². The minimum Gasteiger partial charge on any atom is -0.469 e. The number of hydrogen-bond acceptors (Lipinski definition) is 4. The second-order valence-corrected chi connectivity index (χ2v) is 7.16. The van der Waals surface area contributed by atoms with Gasteiger partial charge in [-0.1, -0.05) is 6.92 Å². The maximum atomic E-state index is 12.1. The Morgan fingerprint density at radius 3 is 2.53 bits per heavy atom. The summed E-state index contributed by atoms with van der Waals surface area (Å²) in [7, 11) is -1.84. The lowest BCUT2D eigenvalue weighted by Crippen LogP contribution is -2.32. The zero-order valence-electron chi connectivity index (χ0n) is 10.3. The largest absolute Gasteiger partial charge is 0.469 e. The quantitative estimate of drug-likeness (QED) is 0.690. The van der Waals surface area contributed by atoms with Crippen molar-refractivity contribution in [3.8, 4) is 0 Å². The Kier molecular flexibility index (Phi) is 3.45. The van der Waals surface area contributed by atoms with Crippen LogP contribution in [0.25, 0.3) is 0 Å². The van der Waals surface area contributed by atoms with Crippen LogP contribution in [-0.2, 0) is 19.6 Å². The van der Waals surface area contributed by atoms with Crippen LogP contribution in [0.4, 0.5) is 0 Å². The Labute approximate surface area is 102 Å². The fourth-order valence-electron chi connectivity index (χ4n) is 2.30. The van der Waals surface area contributed by atoms with Crippen LogP contribution >= 0.6 is 0 Å². The molecule has 0 amide bonds. The predicted molar refractivity (Wildman–Crippen MR) is 62.8 cm³/mol. The summed E-state index contributed by atoms with van der Waals surface area (Å²) in [6.07, 6.45) is 2.03. The molecule has 1 saturated heterocycles. The van der Waals surface area contributed by atoms with Crippen molar-refractivity contribution in [1.29, 1.82) is 0 Å². The van der Waals surface area contributed by atoms with E-state index in [4.69, 9.17) is 4.74 Å². The van der Waals surface area contributed by atoms with Gasteiger partial charge >= 0.3 is 5.97 Å². The standard InChI is InChI=1S/C11H19NO4S/c1-8-5-12(6-10(8)11(13)16-2)17(14,15)7-9-3-4-9/h8-10H,3-7H2,1-2H3. The van der Waals surface area contributed by atoms with E-state index in [0.717, 1.165) is 12.8 Å². The highest BCUT2D eigenvalue weighted by atomic mass is 32.2. The first-order chi connectivity index (χ1) is 7.94. The molecule has 0 spiro atoms. The molecule has 0 bridgehead atoms. The van der Waals surface area contributed by atoms with Gasteiger partial charge in [-0.15, -0.1) is 0 Å². The van der Waals surface area contributed by atoms with Gasteiger partial charge in [0.2, 0.25) is 10.0 Å². The summed E-state index contributed by atoms with van der Waals surface area (Å²) < 4.78 is 30.3. The van der Waals surface area contributed by atoms with E-state index >= 15 is 0 Å². The highest BCUT2D eigenvalue weighted by Gasteiger charge is 2.42. The molecule has 98 valence electrons. The van der Waals surface area contributed by atoms with Crippen molar-refractivity contribution in [2.45, 2.75) is 19.8 Å². The van der Waals surface area contributed by atoms with Gasteiger partial charge in [0, 0.05) is 13.1 Å². The van der Waals surface area contributed by atoms with Gasteiger partial charge in [0.15, 0.2) is 0 Å². The van der Waals surface area contributed by atoms with Gasteiger partial charge in [0.05, 0.1) is 18.8 Å². The molecule has 0 radical (unpaired) electrons. The van der Waals surface area contributed by atoms with E-state index in [2.05, 4.69) is 0 Å². The summed E-state index contributed by atoms with van der Waals surface area (Å²) in [5, 5.41) is 0. The summed E-state index contributed by atoms with van der Waals surface area (Å²) in [5.74, 6) is 0.00710. The Hall–Kier alpha value is -0.620. The average molecular weight is 261 g/mol. The van der Waals surface area contributed by atoms with Crippen molar-refractivity contribution in [2.75, 3.05) is 26.0 Å². The fourth-order valence-corrected chi connectivity index (χ4v) is 4.29. The molecule has 0 N–H and O–H groups in total. The van der Waals surface area contributed by atoms with Crippen LogP contribution < -0.4 is 0 Å². The van der Waals surface area contributed by atoms with E-state index in [0.29, 0.717) is 12.5 Å². The number of carbonyl (C=O) groups is 1. The molecule has 2 rings (SSSR count). The highest BCUT2D eigenvalue weighted by Crippen LogP contribution is 2.33. The third-order valence-electron chi connectivity index (χ3n) is 3.62. The normalized spacial score (nSPS) is 30.5. The van der Waals surface area contributed by atoms with Crippen LogP contribution in [0.5, 0.6) is 0 Å². The van der Waals surface area contributed by atoms with Gasteiger partial charge in [0.1, 0.15) is 0 Å². The zero-order chi connectivity index (χ0) is 12.6. The third kappa shape index (κ3) is 2.80. The molecule has 1 aliphatic heterocycles. The van der Waals surface area contributed by atoms with Gasteiger partial charge in [-0.25, -0.2) is 12.7 Å². The monoisotopic (exact) mass is 261 g/mol. The molecular weight excluding hydrogens is 242 g/mol. The minimum absolute atomic E-state index is 0.0384. The Morgan fingerprint density at radius 2 is 2.00 bits per heavy atom. The van der Waals surface area contributed by atoms with Crippen molar-refractivity contribution in [1.82, 2.24) is 4.31 Å². The van der Waals surface area contributed by atoms with E-state index in [9.17, 15) is 13.2 Å². The topological polar surface area (TPSA) is 63.7 Å². The van der Waals surface area contributed by atoms with E-state index < -0.39 is 10.0 Å². The lowest BCUT2D eigenvalue weighted by molar-refractivity contribution is -0.145. The summed E-state index contributed by atoms with van der Waals surface area (Å²) in [6.45, 7) is 2.62. The number of nitrogens with zero attached hydrogens (tertiary/aromatic N) is 1. The number of rotatable bonds is 4. The minimum atomic E-state index is -3.18. The van der Waals surface area contributed by atoms with E-state index in [1.54, 1.807) is 0 Å². The summed E-state index contributed by atoms with van der Waals surface area (Å²) in [4.78, 5) is 11.5. The van der Waals surface area contributed by atoms with Crippen LogP contribution in [0, 0.1) is 17.8 Å². The van der Waals surface area contributed by atoms with Gasteiger partial charge in [-0.3, -0.25) is 4.79 Å². The van der Waals surface area contributed by atoms with Crippen molar-refractivity contribution < 1.29 is 17.9 Å². The molecular formula is C11H19NO4S. The Bertz CT molecular complexity index is 402. The predicted octanol–water partition coefficient (Wildman–Crippen LogP) is 0.467. The zero-order valence-corrected chi connectivity index (χ0v) is 11.1. The first-order valence-electron chi connectivity index (χ1n) is 5.99. The lowest BCUT2D eigenvalue weighted by atomic mass is 9.99. The molecule has 6 heteroatoms. The number of esters is 1. The number of ether oxygens (including phenoxy) is 1. The van der Waals surface area contributed by atoms with Crippen LogP contribution in [0.15, 0.2) is 0 Å². The summed E-state index contributed by atoms with van der Waals surface area (Å²) >= 11 is 0. The molecule has 0 aromatic carbocycles. The highest BCUT2D eigenvalue weighted by molar-refractivity contribution is 7.89. The van der Waals surface area contributed by atoms with Crippen molar-refractivity contribution in [3.05, 3.63) is 0 Å². The van der Waals surface area contributed by atoms with Gasteiger partial charge in [0.25, 0.3) is 0 Å². The lowest BCUT2D eigenvalue weighted by Gasteiger charge is -2.15. The van der Waals surface area contributed by atoms with Crippen LogP contribution in [0.1, 0.15) is 19.8 Å². The molecule has 2 fully saturated rings. The molecule has 5 nitrogen and oxygen atoms in total. The molecule has 0 aromatic rings. The average Bonchev–Trinajstić information content (AvgIpc) is 2.96. The molecule has 1 heterocycles. The fraction of sp³-hybridized carbons (Fsp3) is 0.909. The second kappa shape index (κ2) is 4.57.